The Bertz CT molecular complexity index is 981. The highest BCUT2D eigenvalue weighted by Gasteiger charge is 2.38. The van der Waals surface area contributed by atoms with E-state index in [4.69, 9.17) is 20.6 Å². The van der Waals surface area contributed by atoms with Crippen molar-refractivity contribution >= 4 is 11.9 Å². The van der Waals surface area contributed by atoms with E-state index in [1.54, 1.807) is 48.5 Å². The van der Waals surface area contributed by atoms with Gasteiger partial charge in [0.25, 0.3) is 5.91 Å². The first-order chi connectivity index (χ1) is 15.0. The highest BCUT2D eigenvalue weighted by molar-refractivity contribution is 5.93. The Morgan fingerprint density at radius 1 is 1.03 bits per heavy atom. The van der Waals surface area contributed by atoms with Gasteiger partial charge in [-0.15, -0.1) is 6.42 Å². The van der Waals surface area contributed by atoms with Crippen LogP contribution in [0.25, 0.3) is 0 Å². The molecule has 0 aliphatic rings. The molecule has 6 heteroatoms. The van der Waals surface area contributed by atoms with Gasteiger partial charge >= 0.3 is 5.97 Å². The molecule has 0 aliphatic heterocycles. The number of para-hydroxylation sites is 1. The minimum atomic E-state index is -1.24. The summed E-state index contributed by atoms with van der Waals surface area (Å²) in [7, 11) is 1.54. The van der Waals surface area contributed by atoms with E-state index in [9.17, 15) is 9.59 Å². The van der Waals surface area contributed by atoms with Crippen LogP contribution in [0.15, 0.2) is 48.5 Å². The van der Waals surface area contributed by atoms with E-state index in [-0.39, 0.29) is 12.0 Å². The van der Waals surface area contributed by atoms with E-state index in [0.29, 0.717) is 22.6 Å². The molecule has 0 heterocycles. The number of rotatable bonds is 8. The zero-order valence-electron chi connectivity index (χ0n) is 19.5. The van der Waals surface area contributed by atoms with Gasteiger partial charge in [-0.25, -0.2) is 4.79 Å². The van der Waals surface area contributed by atoms with Crippen LogP contribution in [-0.4, -0.2) is 31.1 Å². The Hall–Kier alpha value is -3.46. The minimum absolute atomic E-state index is 0.0191. The van der Waals surface area contributed by atoms with Crippen LogP contribution in [0.2, 0.25) is 0 Å². The molecule has 0 saturated heterocycles. The van der Waals surface area contributed by atoms with Gasteiger partial charge in [0, 0.05) is 11.1 Å². The van der Waals surface area contributed by atoms with Gasteiger partial charge in [0.05, 0.1) is 12.7 Å². The van der Waals surface area contributed by atoms with Crippen molar-refractivity contribution in [2.24, 2.45) is 5.41 Å². The zero-order chi connectivity index (χ0) is 23.9. The molecule has 0 bridgehead atoms. The smallest absolute Gasteiger partial charge is 0.339 e. The van der Waals surface area contributed by atoms with Crippen molar-refractivity contribution < 1.29 is 23.8 Å². The molecule has 170 valence electrons. The quantitative estimate of drug-likeness (QED) is 0.485. The molecule has 2 aromatic rings. The van der Waals surface area contributed by atoms with Gasteiger partial charge < -0.3 is 19.5 Å². The largest absolute Gasteiger partial charge is 0.497 e. The highest BCUT2D eigenvalue weighted by Crippen LogP contribution is 2.33. The normalized spacial score (nSPS) is 12.3. The summed E-state index contributed by atoms with van der Waals surface area (Å²) in [6.07, 6.45) is 4.09. The van der Waals surface area contributed by atoms with Crippen LogP contribution < -0.4 is 14.8 Å². The number of esters is 1. The maximum atomic E-state index is 13.4. The molecule has 1 atom stereocenters. The molecule has 0 saturated carbocycles. The fourth-order valence-corrected chi connectivity index (χ4v) is 2.67. The lowest BCUT2D eigenvalue weighted by Crippen LogP contribution is -2.54. The predicted molar refractivity (Wildman–Crippen MR) is 124 cm³/mol. The standard InChI is InChI=1S/C26H31NO5/c1-8-17-31-21-12-10-9-11-20(21)22(23(28)27-26(5,6)25(2,3)4)32-24(29)18-13-15-19(30-7)16-14-18/h1,9-16,22H,17H2,2-7H3,(H,27,28). The lowest BCUT2D eigenvalue weighted by molar-refractivity contribution is -0.133. The van der Waals surface area contributed by atoms with Crippen LogP contribution in [0.3, 0.4) is 0 Å². The van der Waals surface area contributed by atoms with Crippen molar-refractivity contribution in [3.8, 4) is 23.8 Å². The number of ether oxygens (including phenoxy) is 3. The van der Waals surface area contributed by atoms with Gasteiger partial charge in [-0.05, 0) is 49.6 Å². The Morgan fingerprint density at radius 2 is 1.66 bits per heavy atom. The molecule has 32 heavy (non-hydrogen) atoms. The molecule has 0 spiro atoms. The molecule has 1 N–H and O–H groups in total. The predicted octanol–water partition coefficient (Wildman–Crippen LogP) is 4.55. The first kappa shape index (κ1) is 24.8. The van der Waals surface area contributed by atoms with Gasteiger partial charge in [0.2, 0.25) is 6.10 Å². The van der Waals surface area contributed by atoms with Crippen LogP contribution in [0.1, 0.15) is 56.6 Å². The maximum Gasteiger partial charge on any atom is 0.339 e. The molecule has 0 fully saturated rings. The van der Waals surface area contributed by atoms with E-state index in [2.05, 4.69) is 11.2 Å². The van der Waals surface area contributed by atoms with Crippen molar-refractivity contribution in [2.75, 3.05) is 13.7 Å². The SMILES string of the molecule is C#CCOc1ccccc1C(OC(=O)c1ccc(OC)cc1)C(=O)NC(C)(C)C(C)(C)C. The Morgan fingerprint density at radius 3 is 2.22 bits per heavy atom. The van der Waals surface area contributed by atoms with Crippen LogP contribution in [0.5, 0.6) is 11.5 Å². The topological polar surface area (TPSA) is 73.9 Å². The van der Waals surface area contributed by atoms with Crippen molar-refractivity contribution in [1.82, 2.24) is 5.32 Å². The Kier molecular flexibility index (Phi) is 7.93. The van der Waals surface area contributed by atoms with Gasteiger partial charge in [-0.2, -0.15) is 0 Å². The molecule has 0 aliphatic carbocycles. The van der Waals surface area contributed by atoms with E-state index in [1.807, 2.05) is 34.6 Å². The molecule has 2 rings (SSSR count). The molecular formula is C26H31NO5. The first-order valence-corrected chi connectivity index (χ1v) is 10.3. The third-order valence-corrected chi connectivity index (χ3v) is 5.61. The summed E-state index contributed by atoms with van der Waals surface area (Å²) in [6, 6.07) is 13.3. The summed E-state index contributed by atoms with van der Waals surface area (Å²) in [5.41, 5.74) is -0.122. The third kappa shape index (κ3) is 6.04. The zero-order valence-corrected chi connectivity index (χ0v) is 19.5. The van der Waals surface area contributed by atoms with Gasteiger partial charge in [-0.3, -0.25) is 4.79 Å². The second-order valence-electron chi connectivity index (χ2n) is 8.91. The van der Waals surface area contributed by atoms with E-state index >= 15 is 0 Å². The highest BCUT2D eigenvalue weighted by atomic mass is 16.5. The summed E-state index contributed by atoms with van der Waals surface area (Å²) in [4.78, 5) is 26.3. The van der Waals surface area contributed by atoms with Crippen LogP contribution >= 0.6 is 0 Å². The van der Waals surface area contributed by atoms with Gasteiger partial charge in [0.15, 0.2) is 0 Å². The van der Waals surface area contributed by atoms with Gasteiger partial charge in [0.1, 0.15) is 18.1 Å². The van der Waals surface area contributed by atoms with Crippen LogP contribution in [-0.2, 0) is 9.53 Å². The van der Waals surface area contributed by atoms with E-state index in [0.717, 1.165) is 0 Å². The molecule has 1 amide bonds. The summed E-state index contributed by atoms with van der Waals surface area (Å²) >= 11 is 0. The number of carbonyl (C=O) groups excluding carboxylic acids is 2. The first-order valence-electron chi connectivity index (χ1n) is 10.3. The van der Waals surface area contributed by atoms with Crippen LogP contribution in [0.4, 0.5) is 0 Å². The number of carbonyl (C=O) groups is 2. The number of hydrogen-bond acceptors (Lipinski definition) is 5. The average Bonchev–Trinajstić information content (AvgIpc) is 2.75. The fourth-order valence-electron chi connectivity index (χ4n) is 2.67. The summed E-state index contributed by atoms with van der Waals surface area (Å²) in [6.45, 7) is 9.94. The molecule has 0 aromatic heterocycles. The number of methoxy groups -OCH3 is 1. The maximum absolute atomic E-state index is 13.4. The monoisotopic (exact) mass is 437 g/mol. The number of amides is 1. The van der Waals surface area contributed by atoms with E-state index in [1.165, 1.54) is 7.11 Å². The lowest BCUT2D eigenvalue weighted by Gasteiger charge is -2.40. The Balaban J connectivity index is 2.42. The number of nitrogens with one attached hydrogen (secondary N) is 1. The van der Waals surface area contributed by atoms with E-state index < -0.39 is 23.5 Å². The summed E-state index contributed by atoms with van der Waals surface area (Å²) in [5.74, 6) is 2.29. The second kappa shape index (κ2) is 10.2. The molecule has 1 unspecified atom stereocenters. The summed E-state index contributed by atoms with van der Waals surface area (Å²) < 4.78 is 16.5. The molecule has 2 aromatic carbocycles. The number of benzene rings is 2. The summed E-state index contributed by atoms with van der Waals surface area (Å²) in [5, 5.41) is 3.02. The van der Waals surface area contributed by atoms with Crippen molar-refractivity contribution in [2.45, 2.75) is 46.3 Å². The molecular weight excluding hydrogens is 406 g/mol. The third-order valence-electron chi connectivity index (χ3n) is 5.61. The van der Waals surface area contributed by atoms with Crippen LogP contribution in [0, 0.1) is 17.8 Å². The fraction of sp³-hybridized carbons (Fsp3) is 0.385. The molecule has 0 radical (unpaired) electrons. The lowest BCUT2D eigenvalue weighted by atomic mass is 9.76. The Labute approximate surface area is 190 Å². The van der Waals surface area contributed by atoms with Crippen molar-refractivity contribution in [1.29, 1.82) is 0 Å². The van der Waals surface area contributed by atoms with Crippen molar-refractivity contribution in [3.63, 3.8) is 0 Å². The number of hydrogen-bond donors (Lipinski definition) is 1. The number of terminal acetylenes is 1. The van der Waals surface area contributed by atoms with Crippen molar-refractivity contribution in [3.05, 3.63) is 59.7 Å². The second-order valence-corrected chi connectivity index (χ2v) is 8.91. The molecule has 6 nitrogen and oxygen atoms in total. The average molecular weight is 438 g/mol. The minimum Gasteiger partial charge on any atom is -0.497 e. The van der Waals surface area contributed by atoms with Gasteiger partial charge in [-0.1, -0.05) is 44.9 Å².